The first-order valence-electron chi connectivity index (χ1n) is 8.42. The number of hydrogen-bond donors (Lipinski definition) is 1. The van der Waals surface area contributed by atoms with Gasteiger partial charge in [-0.3, -0.25) is 0 Å². The number of nitrogens with one attached hydrogen (secondary N) is 1. The maximum Gasteiger partial charge on any atom is 0.0717 e. The zero-order valence-corrected chi connectivity index (χ0v) is 14.8. The fraction of sp³-hybridized carbons (Fsp3) is 0.429. The Hall–Kier alpha value is -1.64. The highest BCUT2D eigenvalue weighted by Crippen LogP contribution is 2.27. The number of benzene rings is 2. The topological polar surface area (TPSA) is 21.3 Å². The van der Waals surface area contributed by atoms with Gasteiger partial charge in [0.25, 0.3) is 0 Å². The molecule has 0 fully saturated rings. The molecule has 23 heavy (non-hydrogen) atoms. The van der Waals surface area contributed by atoms with Crippen LogP contribution in [0.1, 0.15) is 45.2 Å². The molecule has 0 aromatic heterocycles. The van der Waals surface area contributed by atoms with E-state index in [1.54, 1.807) is 0 Å². The van der Waals surface area contributed by atoms with Crippen molar-refractivity contribution in [1.82, 2.24) is 5.32 Å². The third-order valence-corrected chi connectivity index (χ3v) is 4.31. The lowest BCUT2D eigenvalue weighted by molar-refractivity contribution is 0.0554. The Labute approximate surface area is 140 Å². The van der Waals surface area contributed by atoms with Crippen molar-refractivity contribution in [2.75, 3.05) is 6.61 Å². The molecule has 1 atom stereocenters. The lowest BCUT2D eigenvalue weighted by atomic mass is 9.86. The van der Waals surface area contributed by atoms with E-state index < -0.39 is 0 Å². The second kappa shape index (κ2) is 7.76. The lowest BCUT2D eigenvalue weighted by Gasteiger charge is -2.39. The Morgan fingerprint density at radius 3 is 2.00 bits per heavy atom. The van der Waals surface area contributed by atoms with E-state index in [1.807, 2.05) is 18.2 Å². The van der Waals surface area contributed by atoms with Gasteiger partial charge >= 0.3 is 0 Å². The Balaban J connectivity index is 1.96. The van der Waals surface area contributed by atoms with Crippen LogP contribution in [-0.4, -0.2) is 12.1 Å². The monoisotopic (exact) mass is 311 g/mol. The standard InChI is InChI=1S/C21H29NO/c1-5-21(4,19-14-10-7-11-15-19)22-20(2,3)17-23-16-18-12-8-6-9-13-18/h6-15,22H,5,16-17H2,1-4H3. The molecule has 0 saturated heterocycles. The maximum atomic E-state index is 5.95. The summed E-state index contributed by atoms with van der Waals surface area (Å²) in [6, 6.07) is 21.0. The van der Waals surface area contributed by atoms with Crippen LogP contribution in [0.5, 0.6) is 0 Å². The van der Waals surface area contributed by atoms with Gasteiger partial charge in [-0.05, 0) is 38.3 Å². The smallest absolute Gasteiger partial charge is 0.0717 e. The van der Waals surface area contributed by atoms with Gasteiger partial charge in [0.15, 0.2) is 0 Å². The van der Waals surface area contributed by atoms with E-state index in [0.29, 0.717) is 13.2 Å². The van der Waals surface area contributed by atoms with Gasteiger partial charge in [0.05, 0.1) is 13.2 Å². The van der Waals surface area contributed by atoms with Crippen molar-refractivity contribution < 1.29 is 4.74 Å². The van der Waals surface area contributed by atoms with Crippen LogP contribution < -0.4 is 5.32 Å². The summed E-state index contributed by atoms with van der Waals surface area (Å²) in [5, 5.41) is 3.80. The summed E-state index contributed by atoms with van der Waals surface area (Å²) >= 11 is 0. The molecule has 2 rings (SSSR count). The molecule has 0 aliphatic heterocycles. The van der Waals surface area contributed by atoms with Crippen LogP contribution in [0, 0.1) is 0 Å². The highest BCUT2D eigenvalue weighted by atomic mass is 16.5. The minimum absolute atomic E-state index is 0.0547. The largest absolute Gasteiger partial charge is 0.375 e. The lowest BCUT2D eigenvalue weighted by Crippen LogP contribution is -2.53. The van der Waals surface area contributed by atoms with E-state index in [9.17, 15) is 0 Å². The highest BCUT2D eigenvalue weighted by Gasteiger charge is 2.31. The zero-order chi connectivity index (χ0) is 16.8. The molecule has 124 valence electrons. The molecule has 2 heteroatoms. The van der Waals surface area contributed by atoms with Crippen molar-refractivity contribution in [1.29, 1.82) is 0 Å². The second-order valence-corrected chi connectivity index (χ2v) is 7.04. The number of hydrogen-bond acceptors (Lipinski definition) is 2. The number of ether oxygens (including phenoxy) is 1. The third kappa shape index (κ3) is 5.19. The van der Waals surface area contributed by atoms with Crippen molar-refractivity contribution in [3.8, 4) is 0 Å². The molecule has 0 radical (unpaired) electrons. The molecule has 0 heterocycles. The molecule has 0 aliphatic carbocycles. The zero-order valence-electron chi connectivity index (χ0n) is 14.8. The fourth-order valence-electron chi connectivity index (χ4n) is 2.95. The molecule has 0 spiro atoms. The Morgan fingerprint density at radius 1 is 0.870 bits per heavy atom. The van der Waals surface area contributed by atoms with Gasteiger partial charge in [-0.25, -0.2) is 0 Å². The van der Waals surface area contributed by atoms with Crippen LogP contribution in [0.15, 0.2) is 60.7 Å². The first-order chi connectivity index (χ1) is 11.0. The summed E-state index contributed by atoms with van der Waals surface area (Å²) in [6.45, 7) is 10.2. The van der Waals surface area contributed by atoms with Gasteiger partial charge in [-0.15, -0.1) is 0 Å². The van der Waals surface area contributed by atoms with E-state index >= 15 is 0 Å². The first kappa shape index (κ1) is 17.7. The van der Waals surface area contributed by atoms with Crippen LogP contribution in [0.4, 0.5) is 0 Å². The van der Waals surface area contributed by atoms with Crippen molar-refractivity contribution in [3.05, 3.63) is 71.8 Å². The predicted molar refractivity (Wildman–Crippen MR) is 97.4 cm³/mol. The third-order valence-electron chi connectivity index (χ3n) is 4.31. The van der Waals surface area contributed by atoms with Crippen LogP contribution in [0.25, 0.3) is 0 Å². The van der Waals surface area contributed by atoms with Gasteiger partial charge in [-0.2, -0.15) is 0 Å². The minimum Gasteiger partial charge on any atom is -0.375 e. The van der Waals surface area contributed by atoms with Crippen molar-refractivity contribution >= 4 is 0 Å². The average Bonchev–Trinajstić information content (AvgIpc) is 2.56. The average molecular weight is 311 g/mol. The molecular weight excluding hydrogens is 282 g/mol. The molecule has 0 amide bonds. The normalized spacial score (nSPS) is 14.4. The quantitative estimate of drug-likeness (QED) is 0.749. The second-order valence-electron chi connectivity index (χ2n) is 7.04. The molecule has 2 nitrogen and oxygen atoms in total. The maximum absolute atomic E-state index is 5.95. The van der Waals surface area contributed by atoms with E-state index in [4.69, 9.17) is 4.74 Å². The SMILES string of the molecule is CCC(C)(NC(C)(C)COCc1ccccc1)c1ccccc1. The van der Waals surface area contributed by atoms with Gasteiger partial charge in [-0.1, -0.05) is 67.6 Å². The number of rotatable bonds is 8. The van der Waals surface area contributed by atoms with E-state index in [0.717, 1.165) is 6.42 Å². The molecule has 2 aromatic carbocycles. The molecule has 1 unspecified atom stereocenters. The first-order valence-corrected chi connectivity index (χ1v) is 8.42. The van der Waals surface area contributed by atoms with Crippen LogP contribution >= 0.6 is 0 Å². The van der Waals surface area contributed by atoms with Crippen molar-refractivity contribution in [2.45, 2.75) is 51.8 Å². The molecule has 0 saturated carbocycles. The van der Waals surface area contributed by atoms with Crippen molar-refractivity contribution in [3.63, 3.8) is 0 Å². The summed E-state index contributed by atoms with van der Waals surface area (Å²) in [5.41, 5.74) is 2.37. The Bertz CT molecular complexity index is 579. The summed E-state index contributed by atoms with van der Waals surface area (Å²) in [7, 11) is 0. The van der Waals surface area contributed by atoms with Gasteiger partial charge in [0.2, 0.25) is 0 Å². The fourth-order valence-corrected chi connectivity index (χ4v) is 2.95. The van der Waals surface area contributed by atoms with E-state index in [1.165, 1.54) is 11.1 Å². The Kier molecular flexibility index (Phi) is 5.97. The molecule has 2 aromatic rings. The molecule has 1 N–H and O–H groups in total. The van der Waals surface area contributed by atoms with Crippen LogP contribution in [0.2, 0.25) is 0 Å². The predicted octanol–water partition coefficient (Wildman–Crippen LogP) is 4.90. The van der Waals surface area contributed by atoms with Gasteiger partial charge < -0.3 is 10.1 Å². The van der Waals surface area contributed by atoms with Crippen LogP contribution in [0.3, 0.4) is 0 Å². The van der Waals surface area contributed by atoms with E-state index in [2.05, 4.69) is 75.5 Å². The van der Waals surface area contributed by atoms with E-state index in [-0.39, 0.29) is 11.1 Å². The van der Waals surface area contributed by atoms with Gasteiger partial charge in [0, 0.05) is 11.1 Å². The summed E-state index contributed by atoms with van der Waals surface area (Å²) in [4.78, 5) is 0. The molecule has 0 aliphatic rings. The molecule has 0 bridgehead atoms. The van der Waals surface area contributed by atoms with Crippen molar-refractivity contribution in [2.24, 2.45) is 0 Å². The Morgan fingerprint density at radius 2 is 1.43 bits per heavy atom. The highest BCUT2D eigenvalue weighted by molar-refractivity contribution is 5.24. The van der Waals surface area contributed by atoms with Gasteiger partial charge in [0.1, 0.15) is 0 Å². The summed E-state index contributed by atoms with van der Waals surface area (Å²) in [6.07, 6.45) is 1.03. The molecular formula is C21H29NO. The minimum atomic E-state index is -0.102. The summed E-state index contributed by atoms with van der Waals surface area (Å²) in [5.74, 6) is 0. The summed E-state index contributed by atoms with van der Waals surface area (Å²) < 4.78 is 5.95. The van der Waals surface area contributed by atoms with Crippen LogP contribution in [-0.2, 0) is 16.9 Å².